The van der Waals surface area contributed by atoms with E-state index < -0.39 is 0 Å². The summed E-state index contributed by atoms with van der Waals surface area (Å²) in [6.45, 7) is 7.48. The molecule has 0 aliphatic carbocycles. The highest BCUT2D eigenvalue weighted by Gasteiger charge is 2.34. The van der Waals surface area contributed by atoms with Crippen LogP contribution in [0.2, 0.25) is 10.0 Å². The molecule has 2 saturated heterocycles. The lowest BCUT2D eigenvalue weighted by Gasteiger charge is -2.47. The number of rotatable bonds is 6. The monoisotopic (exact) mass is 507 g/mol. The number of aliphatic imine (C=N–C) groups is 1. The number of likely N-dealkylation sites (tertiary alicyclic amines) is 1. The van der Waals surface area contributed by atoms with Gasteiger partial charge in [-0.1, -0.05) is 36.2 Å². The first-order valence-corrected chi connectivity index (χ1v) is 12.5. The van der Waals surface area contributed by atoms with E-state index in [0.29, 0.717) is 39.9 Å². The number of anilines is 1. The molecule has 0 radical (unpaired) electrons. The van der Waals surface area contributed by atoms with Crippen LogP contribution in [0.1, 0.15) is 31.7 Å². The Labute approximate surface area is 210 Å². The zero-order valence-corrected chi connectivity index (χ0v) is 20.9. The third-order valence-corrected chi connectivity index (χ3v) is 7.31. The molecule has 2 aromatic rings. The van der Waals surface area contributed by atoms with Gasteiger partial charge in [0, 0.05) is 48.8 Å². The highest BCUT2D eigenvalue weighted by molar-refractivity contribution is 6.33. The van der Waals surface area contributed by atoms with Crippen molar-refractivity contribution in [3.8, 4) is 0 Å². The number of nitrogens with zero attached hydrogens (tertiary/aromatic N) is 5. The minimum Gasteiger partial charge on any atom is -0.370 e. The van der Waals surface area contributed by atoms with Gasteiger partial charge in [-0.2, -0.15) is 0 Å². The average molecular weight is 508 g/mol. The molecule has 2 aliphatic rings. The van der Waals surface area contributed by atoms with Gasteiger partial charge in [0.05, 0.1) is 16.9 Å². The van der Waals surface area contributed by atoms with Gasteiger partial charge in [0.2, 0.25) is 0 Å². The van der Waals surface area contributed by atoms with Crippen LogP contribution in [0, 0.1) is 5.82 Å². The van der Waals surface area contributed by atoms with Crippen LogP contribution in [0.5, 0.6) is 0 Å². The van der Waals surface area contributed by atoms with Gasteiger partial charge in [0.25, 0.3) is 0 Å². The lowest BCUT2D eigenvalue weighted by atomic mass is 9.97. The third kappa shape index (κ3) is 5.92. The SMILES string of the molecule is CC[C@H]1CN(c2ncc(N=C(N)N)cc2Cl)CCN1C1CCN(Cc2ccc(Cl)cc2F)CC1. The van der Waals surface area contributed by atoms with E-state index in [1.165, 1.54) is 6.07 Å². The highest BCUT2D eigenvalue weighted by atomic mass is 35.5. The van der Waals surface area contributed by atoms with Crippen molar-refractivity contribution < 1.29 is 4.39 Å². The standard InChI is InChI=1S/C24H32Cl2FN7/c1-2-19-15-33(23-21(26)12-18(13-30-23)31-24(28)29)9-10-34(19)20-5-7-32(8-6-20)14-16-3-4-17(25)11-22(16)27/h3-4,11-13,19-20H,2,5-10,14-15H2,1H3,(H4,28,29,31)/t19-/m0/s1. The minimum atomic E-state index is -0.226. The number of hydrogen-bond acceptors (Lipinski definition) is 5. The van der Waals surface area contributed by atoms with Crippen molar-refractivity contribution in [3.05, 3.63) is 51.9 Å². The molecule has 2 fully saturated rings. The predicted octanol–water partition coefficient (Wildman–Crippen LogP) is 4.00. The summed E-state index contributed by atoms with van der Waals surface area (Å²) in [6, 6.07) is 7.65. The summed E-state index contributed by atoms with van der Waals surface area (Å²) in [5.41, 5.74) is 12.2. The molecule has 7 nitrogen and oxygen atoms in total. The van der Waals surface area contributed by atoms with Crippen LogP contribution in [0.4, 0.5) is 15.9 Å². The number of halogens is 3. The number of pyridine rings is 1. The summed E-state index contributed by atoms with van der Waals surface area (Å²) in [6.07, 6.45) is 4.86. The minimum absolute atomic E-state index is 0.0189. The molecule has 0 unspecified atom stereocenters. The lowest BCUT2D eigenvalue weighted by Crippen LogP contribution is -2.58. The molecule has 1 atom stereocenters. The summed E-state index contributed by atoms with van der Waals surface area (Å²) in [5.74, 6) is 0.527. The molecule has 10 heteroatoms. The first kappa shape index (κ1) is 25.0. The lowest BCUT2D eigenvalue weighted by molar-refractivity contribution is 0.0607. The van der Waals surface area contributed by atoms with Crippen LogP contribution in [0.25, 0.3) is 0 Å². The maximum atomic E-state index is 14.2. The molecule has 0 saturated carbocycles. The van der Waals surface area contributed by atoms with E-state index in [1.54, 1.807) is 24.4 Å². The zero-order valence-electron chi connectivity index (χ0n) is 19.4. The smallest absolute Gasteiger partial charge is 0.191 e. The van der Waals surface area contributed by atoms with E-state index in [-0.39, 0.29) is 11.8 Å². The first-order chi connectivity index (χ1) is 16.3. The summed E-state index contributed by atoms with van der Waals surface area (Å²) in [7, 11) is 0. The second-order valence-corrected chi connectivity index (χ2v) is 9.87. The zero-order chi connectivity index (χ0) is 24.2. The normalized spacial score (nSPS) is 20.5. The van der Waals surface area contributed by atoms with Crippen LogP contribution in [-0.2, 0) is 6.54 Å². The molecule has 0 amide bonds. The highest BCUT2D eigenvalue weighted by Crippen LogP contribution is 2.31. The van der Waals surface area contributed by atoms with E-state index in [2.05, 4.69) is 31.6 Å². The first-order valence-electron chi connectivity index (χ1n) is 11.8. The topological polar surface area (TPSA) is 87.0 Å². The molecule has 4 rings (SSSR count). The summed E-state index contributed by atoms with van der Waals surface area (Å²) in [5, 5.41) is 0.986. The molecular weight excluding hydrogens is 476 g/mol. The summed E-state index contributed by atoms with van der Waals surface area (Å²) in [4.78, 5) is 15.8. The van der Waals surface area contributed by atoms with Crippen molar-refractivity contribution in [2.75, 3.05) is 37.6 Å². The Kier molecular flexibility index (Phi) is 8.14. The Hall–Kier alpha value is -2.13. The second kappa shape index (κ2) is 11.1. The Morgan fingerprint density at radius 1 is 1.15 bits per heavy atom. The van der Waals surface area contributed by atoms with Gasteiger partial charge in [-0.15, -0.1) is 0 Å². The van der Waals surface area contributed by atoms with Crippen LogP contribution >= 0.6 is 23.2 Å². The quantitative estimate of drug-likeness (QED) is 0.453. The van der Waals surface area contributed by atoms with Gasteiger partial charge in [0.15, 0.2) is 5.96 Å². The second-order valence-electron chi connectivity index (χ2n) is 9.02. The molecule has 34 heavy (non-hydrogen) atoms. The van der Waals surface area contributed by atoms with E-state index in [1.807, 2.05) is 0 Å². The van der Waals surface area contributed by atoms with Crippen LogP contribution in [0.3, 0.4) is 0 Å². The number of benzene rings is 1. The molecular formula is C24H32Cl2FN7. The van der Waals surface area contributed by atoms with Gasteiger partial charge in [-0.05, 0) is 50.6 Å². The molecule has 3 heterocycles. The third-order valence-electron chi connectivity index (χ3n) is 6.80. The molecule has 0 bridgehead atoms. The van der Waals surface area contributed by atoms with Crippen LogP contribution < -0.4 is 16.4 Å². The molecule has 1 aromatic heterocycles. The van der Waals surface area contributed by atoms with E-state index in [9.17, 15) is 4.39 Å². The fourth-order valence-corrected chi connectivity index (χ4v) is 5.51. The largest absolute Gasteiger partial charge is 0.370 e. The van der Waals surface area contributed by atoms with Gasteiger partial charge in [-0.3, -0.25) is 9.80 Å². The maximum Gasteiger partial charge on any atom is 0.191 e. The van der Waals surface area contributed by atoms with Crippen molar-refractivity contribution in [2.45, 2.75) is 44.8 Å². The van der Waals surface area contributed by atoms with Gasteiger partial charge >= 0.3 is 0 Å². The number of nitrogens with two attached hydrogens (primary N) is 2. The predicted molar refractivity (Wildman–Crippen MR) is 137 cm³/mol. The van der Waals surface area contributed by atoms with Gasteiger partial charge < -0.3 is 16.4 Å². The van der Waals surface area contributed by atoms with Crippen LogP contribution in [-0.4, -0.2) is 65.6 Å². The number of aromatic nitrogens is 1. The van der Waals surface area contributed by atoms with Crippen molar-refractivity contribution >= 4 is 40.7 Å². The summed E-state index contributed by atoms with van der Waals surface area (Å²) >= 11 is 12.4. The Morgan fingerprint density at radius 2 is 1.91 bits per heavy atom. The number of hydrogen-bond donors (Lipinski definition) is 2. The fraction of sp³-hybridized carbons (Fsp3) is 0.500. The number of piperazine rings is 1. The fourth-order valence-electron chi connectivity index (χ4n) is 5.07. The van der Waals surface area contributed by atoms with E-state index >= 15 is 0 Å². The Bertz CT molecular complexity index is 1020. The van der Waals surface area contributed by atoms with Crippen molar-refractivity contribution in [2.24, 2.45) is 16.5 Å². The molecule has 184 valence electrons. The van der Waals surface area contributed by atoms with Gasteiger partial charge in [-0.25, -0.2) is 14.4 Å². The van der Waals surface area contributed by atoms with E-state index in [0.717, 1.165) is 57.8 Å². The van der Waals surface area contributed by atoms with E-state index in [4.69, 9.17) is 34.7 Å². The summed E-state index contributed by atoms with van der Waals surface area (Å²) < 4.78 is 14.2. The molecule has 0 spiro atoms. The number of piperidine rings is 1. The molecule has 2 aliphatic heterocycles. The molecule has 4 N–H and O–H groups in total. The van der Waals surface area contributed by atoms with Crippen molar-refractivity contribution in [1.82, 2.24) is 14.8 Å². The Balaban J connectivity index is 1.34. The van der Waals surface area contributed by atoms with Crippen LogP contribution in [0.15, 0.2) is 35.5 Å². The number of guanidine groups is 1. The van der Waals surface area contributed by atoms with Crippen molar-refractivity contribution in [1.29, 1.82) is 0 Å². The Morgan fingerprint density at radius 3 is 2.56 bits per heavy atom. The molecule has 1 aromatic carbocycles. The van der Waals surface area contributed by atoms with Gasteiger partial charge in [0.1, 0.15) is 11.6 Å². The average Bonchev–Trinajstić information content (AvgIpc) is 2.81. The van der Waals surface area contributed by atoms with Crippen molar-refractivity contribution in [3.63, 3.8) is 0 Å². The maximum absolute atomic E-state index is 14.2.